The number of nitrogen functional groups attached to an aromatic ring is 1. The van der Waals surface area contributed by atoms with Crippen LogP contribution in [-0.4, -0.2) is 25.4 Å². The number of anilines is 1. The standard InChI is InChI=1S/C15H13N5O/c16-14-18-15-17-8-11-12(20(15)19-14)6-10(7-13(11)21)9-4-2-1-3-5-9/h1-5,8,10H,6-7H2,(H2,16,19). The maximum atomic E-state index is 12.4. The average Bonchev–Trinajstić information content (AvgIpc) is 2.89. The maximum Gasteiger partial charge on any atom is 0.254 e. The van der Waals surface area contributed by atoms with E-state index in [1.54, 1.807) is 10.7 Å². The molecule has 0 saturated carbocycles. The maximum absolute atomic E-state index is 12.4. The first-order valence-electron chi connectivity index (χ1n) is 6.80. The molecule has 0 amide bonds. The number of ketones is 1. The highest BCUT2D eigenvalue weighted by Gasteiger charge is 2.29. The second-order valence-corrected chi connectivity index (χ2v) is 5.24. The first-order chi connectivity index (χ1) is 10.2. The lowest BCUT2D eigenvalue weighted by molar-refractivity contribution is 0.0962. The van der Waals surface area contributed by atoms with Crippen molar-refractivity contribution in [3.63, 3.8) is 0 Å². The molecule has 1 aliphatic carbocycles. The molecule has 2 heterocycles. The summed E-state index contributed by atoms with van der Waals surface area (Å²) < 4.78 is 1.59. The zero-order valence-corrected chi connectivity index (χ0v) is 11.2. The number of nitrogens with zero attached hydrogens (tertiary/aromatic N) is 4. The van der Waals surface area contributed by atoms with Crippen molar-refractivity contribution in [3.8, 4) is 0 Å². The van der Waals surface area contributed by atoms with Gasteiger partial charge < -0.3 is 5.73 Å². The number of rotatable bonds is 1. The van der Waals surface area contributed by atoms with Crippen LogP contribution in [0.2, 0.25) is 0 Å². The van der Waals surface area contributed by atoms with Gasteiger partial charge in [0.1, 0.15) is 0 Å². The fraction of sp³-hybridized carbons (Fsp3) is 0.200. The van der Waals surface area contributed by atoms with E-state index < -0.39 is 0 Å². The lowest BCUT2D eigenvalue weighted by atomic mass is 9.82. The van der Waals surface area contributed by atoms with Crippen LogP contribution in [0.1, 0.15) is 34.0 Å². The van der Waals surface area contributed by atoms with E-state index in [9.17, 15) is 4.79 Å². The highest BCUT2D eigenvalue weighted by molar-refractivity contribution is 5.98. The van der Waals surface area contributed by atoms with Gasteiger partial charge in [-0.3, -0.25) is 4.79 Å². The number of carbonyl (C=O) groups excluding carboxylic acids is 1. The Balaban J connectivity index is 1.86. The van der Waals surface area contributed by atoms with Gasteiger partial charge in [0.15, 0.2) is 5.78 Å². The minimum absolute atomic E-state index is 0.0913. The summed E-state index contributed by atoms with van der Waals surface area (Å²) >= 11 is 0. The van der Waals surface area contributed by atoms with Gasteiger partial charge >= 0.3 is 0 Å². The monoisotopic (exact) mass is 279 g/mol. The Kier molecular flexibility index (Phi) is 2.50. The van der Waals surface area contributed by atoms with E-state index in [0.29, 0.717) is 17.8 Å². The van der Waals surface area contributed by atoms with Crippen molar-refractivity contribution in [1.29, 1.82) is 0 Å². The molecule has 1 atom stereocenters. The van der Waals surface area contributed by atoms with Crippen LogP contribution in [-0.2, 0) is 6.42 Å². The van der Waals surface area contributed by atoms with E-state index in [-0.39, 0.29) is 17.6 Å². The lowest BCUT2D eigenvalue weighted by Gasteiger charge is -2.23. The smallest absolute Gasteiger partial charge is 0.254 e. The van der Waals surface area contributed by atoms with Crippen molar-refractivity contribution in [1.82, 2.24) is 19.6 Å². The highest BCUT2D eigenvalue weighted by Crippen LogP contribution is 2.32. The molecular formula is C15H13N5O. The highest BCUT2D eigenvalue weighted by atomic mass is 16.1. The van der Waals surface area contributed by atoms with Gasteiger partial charge in [0.05, 0.1) is 11.3 Å². The fourth-order valence-corrected chi connectivity index (χ4v) is 2.92. The first-order valence-corrected chi connectivity index (χ1v) is 6.80. The minimum atomic E-state index is 0.0913. The van der Waals surface area contributed by atoms with Crippen molar-refractivity contribution in [2.45, 2.75) is 18.8 Å². The van der Waals surface area contributed by atoms with Gasteiger partial charge in [-0.2, -0.15) is 9.50 Å². The van der Waals surface area contributed by atoms with Gasteiger partial charge in [0.25, 0.3) is 5.78 Å². The van der Waals surface area contributed by atoms with Crippen LogP contribution in [0.25, 0.3) is 5.78 Å². The van der Waals surface area contributed by atoms with Crippen LogP contribution in [0.4, 0.5) is 5.95 Å². The van der Waals surface area contributed by atoms with E-state index in [4.69, 9.17) is 5.73 Å². The summed E-state index contributed by atoms with van der Waals surface area (Å²) in [7, 11) is 0. The van der Waals surface area contributed by atoms with Crippen molar-refractivity contribution in [2.24, 2.45) is 0 Å². The molecular weight excluding hydrogens is 266 g/mol. The molecule has 104 valence electrons. The summed E-state index contributed by atoms with van der Waals surface area (Å²) in [5.41, 5.74) is 8.26. The molecule has 0 saturated heterocycles. The molecule has 0 spiro atoms. The van der Waals surface area contributed by atoms with Gasteiger partial charge in [-0.05, 0) is 17.9 Å². The molecule has 2 aromatic heterocycles. The van der Waals surface area contributed by atoms with Gasteiger partial charge in [-0.1, -0.05) is 30.3 Å². The molecule has 1 aromatic carbocycles. The summed E-state index contributed by atoms with van der Waals surface area (Å²) in [5.74, 6) is 0.855. The number of carbonyl (C=O) groups is 1. The minimum Gasteiger partial charge on any atom is -0.366 e. The van der Waals surface area contributed by atoms with Gasteiger partial charge in [0.2, 0.25) is 5.95 Å². The Bertz CT molecular complexity index is 840. The van der Waals surface area contributed by atoms with Crippen molar-refractivity contribution in [2.75, 3.05) is 5.73 Å². The molecule has 2 N–H and O–H groups in total. The van der Waals surface area contributed by atoms with Crippen LogP contribution in [0.3, 0.4) is 0 Å². The summed E-state index contributed by atoms with van der Waals surface area (Å²) in [4.78, 5) is 20.6. The van der Waals surface area contributed by atoms with E-state index in [2.05, 4.69) is 27.2 Å². The first kappa shape index (κ1) is 12.0. The molecule has 1 aliphatic rings. The van der Waals surface area contributed by atoms with Crippen LogP contribution < -0.4 is 5.73 Å². The number of fused-ring (bicyclic) bond motifs is 3. The molecule has 6 nitrogen and oxygen atoms in total. The zero-order chi connectivity index (χ0) is 14.4. The van der Waals surface area contributed by atoms with Gasteiger partial charge in [0, 0.05) is 12.6 Å². The third kappa shape index (κ3) is 1.87. The molecule has 3 aromatic rings. The van der Waals surface area contributed by atoms with Crippen molar-refractivity contribution >= 4 is 17.5 Å². The number of Topliss-reactive ketones (excluding diaryl/α,β-unsaturated/α-hetero) is 1. The number of hydrogen-bond donors (Lipinski definition) is 1. The largest absolute Gasteiger partial charge is 0.366 e. The van der Waals surface area contributed by atoms with Gasteiger partial charge in [-0.15, -0.1) is 5.10 Å². The summed E-state index contributed by atoms with van der Waals surface area (Å²) in [6.45, 7) is 0. The summed E-state index contributed by atoms with van der Waals surface area (Å²) in [6, 6.07) is 10.1. The van der Waals surface area contributed by atoms with Crippen molar-refractivity contribution < 1.29 is 4.79 Å². The lowest BCUT2D eigenvalue weighted by Crippen LogP contribution is -2.22. The molecule has 0 fully saturated rings. The number of nitrogens with two attached hydrogens (primary N) is 1. The number of benzene rings is 1. The van der Waals surface area contributed by atoms with E-state index in [1.165, 1.54) is 0 Å². The fourth-order valence-electron chi connectivity index (χ4n) is 2.92. The average molecular weight is 279 g/mol. The zero-order valence-electron chi connectivity index (χ0n) is 11.2. The van der Waals surface area contributed by atoms with Crippen LogP contribution in [0.15, 0.2) is 36.5 Å². The van der Waals surface area contributed by atoms with E-state index in [0.717, 1.165) is 17.7 Å². The van der Waals surface area contributed by atoms with E-state index >= 15 is 0 Å². The molecule has 4 rings (SSSR count). The SMILES string of the molecule is Nc1nc2ncc3c(n2n1)CC(c1ccccc1)CC3=O. The molecule has 1 unspecified atom stereocenters. The summed E-state index contributed by atoms with van der Waals surface area (Å²) in [5, 5.41) is 4.16. The van der Waals surface area contributed by atoms with Crippen LogP contribution in [0.5, 0.6) is 0 Å². The van der Waals surface area contributed by atoms with Crippen LogP contribution >= 0.6 is 0 Å². The molecule has 21 heavy (non-hydrogen) atoms. The second-order valence-electron chi connectivity index (χ2n) is 5.24. The summed E-state index contributed by atoms with van der Waals surface area (Å²) in [6.07, 6.45) is 2.81. The Morgan fingerprint density at radius 2 is 2.00 bits per heavy atom. The third-order valence-corrected chi connectivity index (χ3v) is 3.93. The molecule has 0 aliphatic heterocycles. The topological polar surface area (TPSA) is 86.2 Å². The quantitative estimate of drug-likeness (QED) is 0.731. The van der Waals surface area contributed by atoms with E-state index in [1.807, 2.05) is 18.2 Å². The second kappa shape index (κ2) is 4.37. The predicted molar refractivity (Wildman–Crippen MR) is 77.0 cm³/mol. The Morgan fingerprint density at radius 3 is 2.81 bits per heavy atom. The Labute approximate surface area is 120 Å². The Morgan fingerprint density at radius 1 is 1.19 bits per heavy atom. The molecule has 0 bridgehead atoms. The Hall–Kier alpha value is -2.76. The number of hydrogen-bond acceptors (Lipinski definition) is 5. The predicted octanol–water partition coefficient (Wildman–Crippen LogP) is 1.62. The third-order valence-electron chi connectivity index (χ3n) is 3.93. The van der Waals surface area contributed by atoms with Crippen LogP contribution in [0, 0.1) is 0 Å². The van der Waals surface area contributed by atoms with Crippen molar-refractivity contribution in [3.05, 3.63) is 53.3 Å². The number of aromatic nitrogens is 4. The molecule has 0 radical (unpaired) electrons. The van der Waals surface area contributed by atoms with Gasteiger partial charge in [-0.25, -0.2) is 4.98 Å². The molecule has 6 heteroatoms. The normalized spacial score (nSPS) is 17.9.